The molecule has 226 valence electrons. The third kappa shape index (κ3) is 11.2. The molecule has 10 heteroatoms. The third-order valence-corrected chi connectivity index (χ3v) is 7.72. The van der Waals surface area contributed by atoms with Gasteiger partial charge in [0.1, 0.15) is 18.5 Å². The monoisotopic (exact) mass is 595 g/mol. The molecule has 2 atom stereocenters. The first-order chi connectivity index (χ1) is 20.0. The van der Waals surface area contributed by atoms with E-state index < -0.39 is 40.0 Å². The molecule has 0 fully saturated rings. The van der Waals surface area contributed by atoms with Gasteiger partial charge in [-0.3, -0.25) is 9.52 Å². The van der Waals surface area contributed by atoms with E-state index in [-0.39, 0.29) is 24.8 Å². The van der Waals surface area contributed by atoms with Crippen LogP contribution in [0.25, 0.3) is 0 Å². The molecule has 0 aliphatic carbocycles. The summed E-state index contributed by atoms with van der Waals surface area (Å²) in [6, 6.07) is 24.4. The van der Waals surface area contributed by atoms with Crippen LogP contribution in [-0.2, 0) is 32.6 Å². The average Bonchev–Trinajstić information content (AvgIpc) is 2.95. The highest BCUT2D eigenvalue weighted by molar-refractivity contribution is 7.92. The Kier molecular flexibility index (Phi) is 12.4. The summed E-state index contributed by atoms with van der Waals surface area (Å²) in [5, 5.41) is 12.6. The van der Waals surface area contributed by atoms with Crippen molar-refractivity contribution in [3.05, 3.63) is 102 Å². The maximum Gasteiger partial charge on any atom is 0.408 e. The minimum absolute atomic E-state index is 0.0393. The molecule has 0 aliphatic heterocycles. The van der Waals surface area contributed by atoms with Crippen molar-refractivity contribution in [3.63, 3.8) is 0 Å². The van der Waals surface area contributed by atoms with E-state index in [1.807, 2.05) is 74.5 Å². The first-order valence-corrected chi connectivity index (χ1v) is 15.8. The van der Waals surface area contributed by atoms with Gasteiger partial charge in [0.15, 0.2) is 0 Å². The first kappa shape index (κ1) is 32.6. The maximum atomic E-state index is 13.8. The molecule has 3 aromatic rings. The number of ether oxygens (including phenoxy) is 1. The zero-order valence-corrected chi connectivity index (χ0v) is 25.2. The molecular weight excluding hydrogens is 554 g/mol. The van der Waals surface area contributed by atoms with Crippen LogP contribution in [0, 0.1) is 5.92 Å². The van der Waals surface area contributed by atoms with Crippen LogP contribution in [0.4, 0.5) is 10.5 Å². The van der Waals surface area contributed by atoms with Gasteiger partial charge in [-0.25, -0.2) is 13.2 Å². The molecule has 3 N–H and O–H groups in total. The highest BCUT2D eigenvalue weighted by Gasteiger charge is 2.30. The molecule has 0 saturated carbocycles. The first-order valence-electron chi connectivity index (χ1n) is 14.1. The fourth-order valence-corrected chi connectivity index (χ4v) is 5.67. The van der Waals surface area contributed by atoms with Gasteiger partial charge in [-0.15, -0.1) is 0 Å². The lowest BCUT2D eigenvalue weighted by Gasteiger charge is -2.28. The van der Waals surface area contributed by atoms with Crippen molar-refractivity contribution in [2.24, 2.45) is 5.92 Å². The molecule has 9 nitrogen and oxygen atoms in total. The number of nitrogens with one attached hydrogen (secondary N) is 2. The molecule has 0 radical (unpaired) electrons. The van der Waals surface area contributed by atoms with E-state index in [9.17, 15) is 23.1 Å². The number of alkyl carbamates (subject to hydrolysis) is 1. The minimum atomic E-state index is -4.02. The van der Waals surface area contributed by atoms with Crippen LogP contribution in [0.1, 0.15) is 56.4 Å². The fraction of sp³-hybridized carbons (Fsp3) is 0.375. The normalized spacial score (nSPS) is 12.8. The summed E-state index contributed by atoms with van der Waals surface area (Å²) >= 11 is 0. The molecule has 2 amide bonds. The summed E-state index contributed by atoms with van der Waals surface area (Å²) in [6.07, 6.45) is -0.0442. The Balaban J connectivity index is 1.76. The van der Waals surface area contributed by atoms with Crippen LogP contribution >= 0.6 is 0 Å². The summed E-state index contributed by atoms with van der Waals surface area (Å²) in [6.45, 7) is 5.64. The second-order valence-corrected chi connectivity index (χ2v) is 12.4. The number of benzene rings is 3. The van der Waals surface area contributed by atoms with Crippen molar-refractivity contribution in [1.82, 2.24) is 10.2 Å². The Morgan fingerprint density at radius 1 is 0.905 bits per heavy atom. The van der Waals surface area contributed by atoms with Crippen molar-refractivity contribution >= 4 is 27.7 Å². The van der Waals surface area contributed by atoms with Gasteiger partial charge < -0.3 is 20.1 Å². The molecule has 0 aliphatic rings. The molecule has 0 bridgehead atoms. The second kappa shape index (κ2) is 15.9. The third-order valence-electron chi connectivity index (χ3n) is 6.53. The van der Waals surface area contributed by atoms with Crippen LogP contribution in [0.5, 0.6) is 0 Å². The number of hydrogen-bond donors (Lipinski definition) is 3. The second-order valence-electron chi connectivity index (χ2n) is 10.7. The Morgan fingerprint density at radius 3 is 2.17 bits per heavy atom. The zero-order valence-electron chi connectivity index (χ0n) is 24.4. The lowest BCUT2D eigenvalue weighted by molar-refractivity contribution is -0.133. The molecule has 0 spiro atoms. The number of aliphatic hydroxyl groups is 1. The summed E-state index contributed by atoms with van der Waals surface area (Å²) in [4.78, 5) is 27.8. The van der Waals surface area contributed by atoms with Gasteiger partial charge in [-0.05, 0) is 60.9 Å². The van der Waals surface area contributed by atoms with Crippen LogP contribution < -0.4 is 10.0 Å². The van der Waals surface area contributed by atoms with Gasteiger partial charge in [0, 0.05) is 12.2 Å². The number of aryl methyl sites for hydroxylation is 1. The Hall–Kier alpha value is -3.89. The van der Waals surface area contributed by atoms with Gasteiger partial charge >= 0.3 is 6.09 Å². The predicted octanol–water partition coefficient (Wildman–Crippen LogP) is 5.24. The summed E-state index contributed by atoms with van der Waals surface area (Å²) in [5.74, 6) is -1.07. The predicted molar refractivity (Wildman–Crippen MR) is 164 cm³/mol. The largest absolute Gasteiger partial charge is 0.445 e. The number of aliphatic hydroxyl groups excluding tert-OH is 1. The molecule has 3 rings (SSSR count). The minimum Gasteiger partial charge on any atom is -0.445 e. The van der Waals surface area contributed by atoms with Crippen molar-refractivity contribution in [3.8, 4) is 0 Å². The Morgan fingerprint density at radius 2 is 1.55 bits per heavy atom. The molecule has 0 saturated heterocycles. The highest BCUT2D eigenvalue weighted by atomic mass is 32.2. The van der Waals surface area contributed by atoms with E-state index in [4.69, 9.17) is 4.74 Å². The van der Waals surface area contributed by atoms with E-state index >= 15 is 0 Å². The van der Waals surface area contributed by atoms with Gasteiger partial charge in [0.25, 0.3) is 10.0 Å². The van der Waals surface area contributed by atoms with E-state index in [1.165, 1.54) is 4.90 Å². The van der Waals surface area contributed by atoms with Crippen molar-refractivity contribution in [2.75, 3.05) is 17.1 Å². The lowest BCUT2D eigenvalue weighted by Crippen LogP contribution is -2.51. The fourth-order valence-electron chi connectivity index (χ4n) is 4.46. The molecule has 0 aromatic heterocycles. The highest BCUT2D eigenvalue weighted by Crippen LogP contribution is 2.19. The van der Waals surface area contributed by atoms with E-state index in [0.29, 0.717) is 24.8 Å². The SMILES string of the molecule is CC(C)C[C@H](NC(=O)OCc1ccccc1)C(=O)N(CCCc1ccccc1)CS(=O)(=O)Nc1cccc(C(C)O)c1. The number of nitrogens with zero attached hydrogens (tertiary/aromatic N) is 1. The number of amides is 2. The number of sulfonamides is 1. The average molecular weight is 596 g/mol. The van der Waals surface area contributed by atoms with Gasteiger partial charge in [-0.2, -0.15) is 0 Å². The molecule has 3 aromatic carbocycles. The standard InChI is InChI=1S/C32H41N3O6S/c1-24(2)20-30(33-32(38)41-22-27-14-8-5-9-15-27)31(37)35(19-11-16-26-12-6-4-7-13-26)23-42(39,40)34-29-18-10-17-28(21-29)25(3)36/h4-10,12-15,17-18,21,24-25,30,34,36H,11,16,19-20,22-23H2,1-3H3,(H,33,38)/t25?,30-/m0/s1. The van der Waals surface area contributed by atoms with Gasteiger partial charge in [0.05, 0.1) is 6.10 Å². The molecule has 0 heterocycles. The number of carbonyl (C=O) groups excluding carboxylic acids is 2. The van der Waals surface area contributed by atoms with Crippen LogP contribution in [-0.4, -0.2) is 48.9 Å². The number of carbonyl (C=O) groups is 2. The van der Waals surface area contributed by atoms with Crippen LogP contribution in [0.2, 0.25) is 0 Å². The van der Waals surface area contributed by atoms with Gasteiger partial charge in [0.2, 0.25) is 5.91 Å². The molecular formula is C32H41N3O6S. The summed E-state index contributed by atoms with van der Waals surface area (Å²) in [5.41, 5.74) is 2.72. The number of rotatable bonds is 15. The van der Waals surface area contributed by atoms with E-state index in [0.717, 1.165) is 11.1 Å². The summed E-state index contributed by atoms with van der Waals surface area (Å²) < 4.78 is 34.4. The van der Waals surface area contributed by atoms with Crippen molar-refractivity contribution in [1.29, 1.82) is 0 Å². The number of hydrogen-bond acceptors (Lipinski definition) is 6. The van der Waals surface area contributed by atoms with Crippen molar-refractivity contribution < 1.29 is 27.9 Å². The van der Waals surface area contributed by atoms with Crippen LogP contribution in [0.15, 0.2) is 84.9 Å². The van der Waals surface area contributed by atoms with Crippen molar-refractivity contribution in [2.45, 2.75) is 58.8 Å². The van der Waals surface area contributed by atoms with Gasteiger partial charge in [-0.1, -0.05) is 86.6 Å². The number of anilines is 1. The van der Waals surface area contributed by atoms with E-state index in [1.54, 1.807) is 31.2 Å². The molecule has 42 heavy (non-hydrogen) atoms. The lowest BCUT2D eigenvalue weighted by atomic mass is 10.0. The van der Waals surface area contributed by atoms with Crippen LogP contribution in [0.3, 0.4) is 0 Å². The van der Waals surface area contributed by atoms with E-state index in [2.05, 4.69) is 10.0 Å². The Bertz CT molecular complexity index is 1380. The quantitative estimate of drug-likeness (QED) is 0.221. The topological polar surface area (TPSA) is 125 Å². The maximum absolute atomic E-state index is 13.8. The zero-order chi connectivity index (χ0) is 30.5. The molecule has 1 unspecified atom stereocenters. The Labute approximate surface area is 249 Å². The smallest absolute Gasteiger partial charge is 0.408 e. The summed E-state index contributed by atoms with van der Waals surface area (Å²) in [7, 11) is -4.02.